The maximum atomic E-state index is 12.2. The average molecular weight is 282 g/mol. The molecule has 5 heteroatoms. The van der Waals surface area contributed by atoms with Gasteiger partial charge in [-0.15, -0.1) is 0 Å². The van der Waals surface area contributed by atoms with Crippen molar-refractivity contribution in [3.8, 4) is 0 Å². The van der Waals surface area contributed by atoms with Crippen LogP contribution in [0.1, 0.15) is 32.1 Å². The summed E-state index contributed by atoms with van der Waals surface area (Å²) in [6.07, 6.45) is 6.02. The van der Waals surface area contributed by atoms with Gasteiger partial charge in [-0.3, -0.25) is 0 Å². The van der Waals surface area contributed by atoms with Gasteiger partial charge in [-0.1, -0.05) is 37.8 Å². The van der Waals surface area contributed by atoms with Crippen LogP contribution in [0, 0.1) is 5.92 Å². The largest absolute Gasteiger partial charge is 0.387 e. The minimum Gasteiger partial charge on any atom is -0.387 e. The first-order valence-corrected chi connectivity index (χ1v) is 8.38. The Hall–Kier alpha value is -1.07. The number of anilines is 1. The Kier molecular flexibility index (Phi) is 4.82. The van der Waals surface area contributed by atoms with Crippen molar-refractivity contribution in [2.45, 2.75) is 37.0 Å². The highest BCUT2D eigenvalue weighted by Gasteiger charge is 2.19. The number of rotatable bonds is 6. The molecule has 0 bridgehead atoms. The van der Waals surface area contributed by atoms with Crippen molar-refractivity contribution in [1.82, 2.24) is 4.72 Å². The van der Waals surface area contributed by atoms with E-state index in [-0.39, 0.29) is 0 Å². The van der Waals surface area contributed by atoms with Gasteiger partial charge in [0.15, 0.2) is 0 Å². The molecule has 0 saturated heterocycles. The monoisotopic (exact) mass is 282 g/mol. The zero-order chi connectivity index (χ0) is 13.7. The molecular weight excluding hydrogens is 260 g/mol. The van der Waals surface area contributed by atoms with E-state index < -0.39 is 10.0 Å². The molecule has 4 nitrogen and oxygen atoms in total. The number of benzene rings is 1. The fourth-order valence-electron chi connectivity index (χ4n) is 2.68. The summed E-state index contributed by atoms with van der Waals surface area (Å²) in [7, 11) is -1.68. The molecule has 0 atom stereocenters. The predicted octanol–water partition coefficient (Wildman–Crippen LogP) is 2.59. The standard InChI is InChI=1S/C14H22N2O2S/c1-15-13-8-4-5-9-14(13)19(17,18)16-11-10-12-6-2-3-7-12/h4-5,8-9,12,15-16H,2-3,6-7,10-11H2,1H3. The SMILES string of the molecule is CNc1ccccc1S(=O)(=O)NCCC1CCCC1. The van der Waals surface area contributed by atoms with E-state index in [4.69, 9.17) is 0 Å². The third-order valence-corrected chi connectivity index (χ3v) is 5.28. The van der Waals surface area contributed by atoms with Gasteiger partial charge in [0.1, 0.15) is 4.90 Å². The van der Waals surface area contributed by atoms with Crippen molar-refractivity contribution >= 4 is 15.7 Å². The molecule has 0 heterocycles. The molecule has 0 spiro atoms. The normalized spacial score (nSPS) is 16.7. The van der Waals surface area contributed by atoms with Crippen LogP contribution >= 0.6 is 0 Å². The number of hydrogen-bond donors (Lipinski definition) is 2. The van der Waals surface area contributed by atoms with Crippen LogP contribution in [0.5, 0.6) is 0 Å². The van der Waals surface area contributed by atoms with Crippen molar-refractivity contribution in [2.24, 2.45) is 5.92 Å². The van der Waals surface area contributed by atoms with Crippen LogP contribution in [0.3, 0.4) is 0 Å². The first kappa shape index (κ1) is 14.3. The van der Waals surface area contributed by atoms with Crippen LogP contribution in [0.4, 0.5) is 5.69 Å². The molecule has 1 aliphatic rings. The Morgan fingerprint density at radius 2 is 1.89 bits per heavy atom. The van der Waals surface area contributed by atoms with Crippen molar-refractivity contribution < 1.29 is 8.42 Å². The molecule has 19 heavy (non-hydrogen) atoms. The Labute approximate surface area is 115 Å². The van der Waals surface area contributed by atoms with Gasteiger partial charge in [-0.25, -0.2) is 13.1 Å². The second kappa shape index (κ2) is 6.39. The van der Waals surface area contributed by atoms with Crippen LogP contribution in [0.2, 0.25) is 0 Å². The molecule has 1 aromatic rings. The van der Waals surface area contributed by atoms with Crippen LogP contribution in [0.15, 0.2) is 29.2 Å². The first-order valence-electron chi connectivity index (χ1n) is 6.90. The second-order valence-electron chi connectivity index (χ2n) is 5.08. The highest BCUT2D eigenvalue weighted by molar-refractivity contribution is 7.89. The molecule has 1 fully saturated rings. The predicted molar refractivity (Wildman–Crippen MR) is 77.8 cm³/mol. The lowest BCUT2D eigenvalue weighted by Gasteiger charge is -2.12. The van der Waals surface area contributed by atoms with E-state index in [1.54, 1.807) is 25.2 Å². The Morgan fingerprint density at radius 3 is 2.58 bits per heavy atom. The third kappa shape index (κ3) is 3.70. The molecular formula is C14H22N2O2S. The number of nitrogens with one attached hydrogen (secondary N) is 2. The smallest absolute Gasteiger partial charge is 0.242 e. The highest BCUT2D eigenvalue weighted by Crippen LogP contribution is 2.27. The molecule has 2 rings (SSSR count). The zero-order valence-corrected chi connectivity index (χ0v) is 12.2. The summed E-state index contributed by atoms with van der Waals surface area (Å²) in [5, 5.41) is 2.91. The van der Waals surface area contributed by atoms with Gasteiger partial charge in [0.25, 0.3) is 0 Å². The third-order valence-electron chi connectivity index (χ3n) is 3.77. The fraction of sp³-hybridized carbons (Fsp3) is 0.571. The second-order valence-corrected chi connectivity index (χ2v) is 6.82. The van der Waals surface area contributed by atoms with E-state index in [1.165, 1.54) is 25.7 Å². The minimum absolute atomic E-state index is 0.323. The van der Waals surface area contributed by atoms with Crippen LogP contribution in [-0.2, 0) is 10.0 Å². The van der Waals surface area contributed by atoms with Gasteiger partial charge in [0, 0.05) is 13.6 Å². The lowest BCUT2D eigenvalue weighted by molar-refractivity contribution is 0.496. The molecule has 0 aliphatic heterocycles. The van der Waals surface area contributed by atoms with E-state index in [1.807, 2.05) is 6.07 Å². The Bertz CT molecular complexity index is 508. The molecule has 106 valence electrons. The number of hydrogen-bond acceptors (Lipinski definition) is 3. The van der Waals surface area contributed by atoms with Crippen molar-refractivity contribution in [1.29, 1.82) is 0 Å². The molecule has 1 aromatic carbocycles. The van der Waals surface area contributed by atoms with Gasteiger partial charge in [-0.05, 0) is 24.5 Å². The summed E-state index contributed by atoms with van der Waals surface area (Å²) < 4.78 is 27.2. The van der Waals surface area contributed by atoms with E-state index >= 15 is 0 Å². The molecule has 0 radical (unpaired) electrons. The quantitative estimate of drug-likeness (QED) is 0.843. The summed E-state index contributed by atoms with van der Waals surface area (Å²) in [6, 6.07) is 6.96. The average Bonchev–Trinajstić information content (AvgIpc) is 2.91. The molecule has 1 aliphatic carbocycles. The van der Waals surface area contributed by atoms with Crippen molar-refractivity contribution in [2.75, 3.05) is 18.9 Å². The molecule has 2 N–H and O–H groups in total. The van der Waals surface area contributed by atoms with Crippen molar-refractivity contribution in [3.63, 3.8) is 0 Å². The van der Waals surface area contributed by atoms with Gasteiger partial charge in [-0.2, -0.15) is 0 Å². The van der Waals surface area contributed by atoms with Crippen LogP contribution in [0.25, 0.3) is 0 Å². The minimum atomic E-state index is -3.41. The molecule has 0 aromatic heterocycles. The lowest BCUT2D eigenvalue weighted by Crippen LogP contribution is -2.26. The number of sulfonamides is 1. The fourth-order valence-corrected chi connectivity index (χ4v) is 3.94. The van der Waals surface area contributed by atoms with Gasteiger partial charge < -0.3 is 5.32 Å². The Balaban J connectivity index is 1.97. The van der Waals surface area contributed by atoms with E-state index in [9.17, 15) is 8.42 Å². The van der Waals surface area contributed by atoms with E-state index in [2.05, 4.69) is 10.0 Å². The van der Waals surface area contributed by atoms with E-state index in [0.717, 1.165) is 6.42 Å². The van der Waals surface area contributed by atoms with Gasteiger partial charge >= 0.3 is 0 Å². The summed E-state index contributed by atoms with van der Waals surface area (Å²) in [5.74, 6) is 0.697. The van der Waals surface area contributed by atoms with Crippen LogP contribution < -0.4 is 10.0 Å². The zero-order valence-electron chi connectivity index (χ0n) is 11.4. The first-order chi connectivity index (χ1) is 9.13. The van der Waals surface area contributed by atoms with E-state index in [0.29, 0.717) is 23.0 Å². The maximum Gasteiger partial charge on any atom is 0.242 e. The summed E-state index contributed by atoms with van der Waals surface area (Å²) in [4.78, 5) is 0.323. The molecule has 0 unspecified atom stereocenters. The topological polar surface area (TPSA) is 58.2 Å². The van der Waals surface area contributed by atoms with Crippen molar-refractivity contribution in [3.05, 3.63) is 24.3 Å². The van der Waals surface area contributed by atoms with Crippen LogP contribution in [-0.4, -0.2) is 22.0 Å². The summed E-state index contributed by atoms with van der Waals surface area (Å²) >= 11 is 0. The highest BCUT2D eigenvalue weighted by atomic mass is 32.2. The summed E-state index contributed by atoms with van der Waals surface area (Å²) in [5.41, 5.74) is 0.635. The summed E-state index contributed by atoms with van der Waals surface area (Å²) in [6.45, 7) is 0.533. The maximum absolute atomic E-state index is 12.2. The lowest BCUT2D eigenvalue weighted by atomic mass is 10.1. The van der Waals surface area contributed by atoms with Gasteiger partial charge in [0.2, 0.25) is 10.0 Å². The van der Waals surface area contributed by atoms with Gasteiger partial charge in [0.05, 0.1) is 5.69 Å². The number of para-hydroxylation sites is 1. The Morgan fingerprint density at radius 1 is 1.21 bits per heavy atom. The molecule has 1 saturated carbocycles. The molecule has 0 amide bonds.